The second-order valence-corrected chi connectivity index (χ2v) is 5.92. The third-order valence-corrected chi connectivity index (χ3v) is 3.76. The zero-order valence-electron chi connectivity index (χ0n) is 11.8. The van der Waals surface area contributed by atoms with Gasteiger partial charge >= 0.3 is 5.97 Å². The molecular formula is C16H23NO2. The van der Waals surface area contributed by atoms with Crippen molar-refractivity contribution < 1.29 is 9.90 Å². The van der Waals surface area contributed by atoms with Crippen molar-refractivity contribution in [3.8, 4) is 0 Å². The average molecular weight is 261 g/mol. The molecule has 1 aliphatic rings. The molecule has 1 heterocycles. The van der Waals surface area contributed by atoms with Crippen LogP contribution >= 0.6 is 0 Å². The van der Waals surface area contributed by atoms with Gasteiger partial charge in [-0.1, -0.05) is 26.0 Å². The molecule has 1 aliphatic heterocycles. The molecule has 1 N–H and O–H groups in total. The molecule has 1 atom stereocenters. The van der Waals surface area contributed by atoms with E-state index in [1.165, 1.54) is 24.9 Å². The highest BCUT2D eigenvalue weighted by Gasteiger charge is 2.21. The Hall–Kier alpha value is -1.35. The van der Waals surface area contributed by atoms with Crippen LogP contribution in [0.2, 0.25) is 0 Å². The van der Waals surface area contributed by atoms with E-state index in [0.717, 1.165) is 13.1 Å². The summed E-state index contributed by atoms with van der Waals surface area (Å²) in [6.07, 6.45) is 2.44. The zero-order valence-corrected chi connectivity index (χ0v) is 11.8. The van der Waals surface area contributed by atoms with Gasteiger partial charge in [0.1, 0.15) is 0 Å². The molecule has 104 valence electrons. The Labute approximate surface area is 115 Å². The van der Waals surface area contributed by atoms with Crippen molar-refractivity contribution in [2.24, 2.45) is 5.92 Å². The summed E-state index contributed by atoms with van der Waals surface area (Å²) in [5, 5.41) is 8.92. The maximum absolute atomic E-state index is 10.9. The van der Waals surface area contributed by atoms with Gasteiger partial charge in [0.05, 0.1) is 5.56 Å². The fourth-order valence-corrected chi connectivity index (χ4v) is 2.91. The minimum Gasteiger partial charge on any atom is -0.478 e. The Balaban J connectivity index is 2.02. The molecule has 1 aromatic rings. The summed E-state index contributed by atoms with van der Waals surface area (Å²) in [5.74, 6) is 0.403. The van der Waals surface area contributed by atoms with E-state index < -0.39 is 5.97 Å². The Morgan fingerprint density at radius 1 is 1.37 bits per heavy atom. The quantitative estimate of drug-likeness (QED) is 0.904. The van der Waals surface area contributed by atoms with Gasteiger partial charge in [-0.15, -0.1) is 0 Å². The number of hydrogen-bond donors (Lipinski definition) is 1. The minimum absolute atomic E-state index is 0.374. The first kappa shape index (κ1) is 14.1. The normalized spacial score (nSPS) is 20.7. The van der Waals surface area contributed by atoms with Crippen LogP contribution < -0.4 is 0 Å². The van der Waals surface area contributed by atoms with E-state index in [0.29, 0.717) is 17.4 Å². The van der Waals surface area contributed by atoms with Gasteiger partial charge in [-0.2, -0.15) is 0 Å². The molecule has 2 rings (SSSR count). The van der Waals surface area contributed by atoms with Crippen LogP contribution in [0.1, 0.15) is 48.5 Å². The molecular weight excluding hydrogens is 238 g/mol. The molecule has 0 aromatic heterocycles. The molecule has 0 aliphatic carbocycles. The number of carboxylic acid groups (broad SMARTS) is 1. The van der Waals surface area contributed by atoms with Crippen LogP contribution in [0.25, 0.3) is 0 Å². The third-order valence-electron chi connectivity index (χ3n) is 3.76. The average Bonchev–Trinajstić information content (AvgIpc) is 2.38. The fourth-order valence-electron chi connectivity index (χ4n) is 2.91. The third kappa shape index (κ3) is 3.80. The van der Waals surface area contributed by atoms with Crippen LogP contribution in [0.4, 0.5) is 0 Å². The first-order valence-electron chi connectivity index (χ1n) is 7.12. The van der Waals surface area contributed by atoms with Crippen LogP contribution in [0.15, 0.2) is 24.3 Å². The number of aromatic carboxylic acids is 1. The van der Waals surface area contributed by atoms with Gasteiger partial charge in [0.15, 0.2) is 0 Å². The molecule has 1 saturated heterocycles. The largest absolute Gasteiger partial charge is 0.478 e. The van der Waals surface area contributed by atoms with Crippen LogP contribution in [-0.2, 0) is 0 Å². The number of likely N-dealkylation sites (tertiary alicyclic amines) is 1. The SMILES string of the molecule is CC(C)CN1CCCC(c2ccc(C(=O)O)cc2)C1. The predicted octanol–water partition coefficient (Wildman–Crippen LogP) is 3.22. The lowest BCUT2D eigenvalue weighted by Crippen LogP contribution is -2.36. The second kappa shape index (κ2) is 6.20. The Morgan fingerprint density at radius 3 is 2.63 bits per heavy atom. The highest BCUT2D eigenvalue weighted by molar-refractivity contribution is 5.87. The Bertz CT molecular complexity index is 425. The second-order valence-electron chi connectivity index (χ2n) is 5.92. The molecule has 19 heavy (non-hydrogen) atoms. The smallest absolute Gasteiger partial charge is 0.335 e. The van der Waals surface area contributed by atoms with Gasteiger partial charge in [0.2, 0.25) is 0 Å². The van der Waals surface area contributed by atoms with Crippen molar-refractivity contribution in [2.45, 2.75) is 32.6 Å². The van der Waals surface area contributed by atoms with E-state index in [9.17, 15) is 4.79 Å². The van der Waals surface area contributed by atoms with E-state index in [1.54, 1.807) is 12.1 Å². The van der Waals surface area contributed by atoms with Gasteiger partial charge in [0, 0.05) is 13.1 Å². The minimum atomic E-state index is -0.850. The van der Waals surface area contributed by atoms with E-state index >= 15 is 0 Å². The van der Waals surface area contributed by atoms with E-state index in [-0.39, 0.29) is 0 Å². The zero-order chi connectivity index (χ0) is 13.8. The lowest BCUT2D eigenvalue weighted by molar-refractivity contribution is 0.0697. The van der Waals surface area contributed by atoms with Gasteiger partial charge in [-0.25, -0.2) is 4.79 Å². The van der Waals surface area contributed by atoms with Gasteiger partial charge in [-0.05, 0) is 48.9 Å². The summed E-state index contributed by atoms with van der Waals surface area (Å²) in [6, 6.07) is 7.40. The van der Waals surface area contributed by atoms with Crippen LogP contribution in [0.3, 0.4) is 0 Å². The number of carbonyl (C=O) groups is 1. The molecule has 3 heteroatoms. The monoisotopic (exact) mass is 261 g/mol. The molecule has 0 spiro atoms. The van der Waals surface area contributed by atoms with E-state index in [1.807, 2.05) is 12.1 Å². The number of rotatable bonds is 4. The topological polar surface area (TPSA) is 40.5 Å². The van der Waals surface area contributed by atoms with Crippen molar-refractivity contribution in [1.29, 1.82) is 0 Å². The number of hydrogen-bond acceptors (Lipinski definition) is 2. The Morgan fingerprint density at radius 2 is 2.05 bits per heavy atom. The highest BCUT2D eigenvalue weighted by atomic mass is 16.4. The summed E-state index contributed by atoms with van der Waals surface area (Å²) in [4.78, 5) is 13.4. The van der Waals surface area contributed by atoms with Gasteiger partial charge < -0.3 is 10.0 Å². The van der Waals surface area contributed by atoms with Gasteiger partial charge in [0.25, 0.3) is 0 Å². The maximum Gasteiger partial charge on any atom is 0.335 e. The lowest BCUT2D eigenvalue weighted by atomic mass is 9.90. The van der Waals surface area contributed by atoms with Crippen molar-refractivity contribution in [3.63, 3.8) is 0 Å². The summed E-state index contributed by atoms with van der Waals surface area (Å²) in [6.45, 7) is 7.97. The van der Waals surface area contributed by atoms with Crippen LogP contribution in [0, 0.1) is 5.92 Å². The summed E-state index contributed by atoms with van der Waals surface area (Å²) in [5.41, 5.74) is 1.65. The number of benzene rings is 1. The van der Waals surface area contributed by atoms with E-state index in [2.05, 4.69) is 18.7 Å². The van der Waals surface area contributed by atoms with Crippen molar-refractivity contribution >= 4 is 5.97 Å². The highest BCUT2D eigenvalue weighted by Crippen LogP contribution is 2.27. The standard InChI is InChI=1S/C16H23NO2/c1-12(2)10-17-9-3-4-15(11-17)13-5-7-14(8-6-13)16(18)19/h5-8,12,15H,3-4,9-11H2,1-2H3,(H,18,19). The van der Waals surface area contributed by atoms with Gasteiger partial charge in [-0.3, -0.25) is 0 Å². The summed E-state index contributed by atoms with van der Waals surface area (Å²) < 4.78 is 0. The van der Waals surface area contributed by atoms with Crippen molar-refractivity contribution in [1.82, 2.24) is 4.90 Å². The van der Waals surface area contributed by atoms with Crippen LogP contribution in [0.5, 0.6) is 0 Å². The first-order valence-corrected chi connectivity index (χ1v) is 7.12. The fraction of sp³-hybridized carbons (Fsp3) is 0.562. The summed E-state index contributed by atoms with van der Waals surface area (Å²) >= 11 is 0. The molecule has 1 aromatic carbocycles. The maximum atomic E-state index is 10.9. The molecule has 0 saturated carbocycles. The number of nitrogens with zero attached hydrogens (tertiary/aromatic N) is 1. The predicted molar refractivity (Wildman–Crippen MR) is 76.7 cm³/mol. The molecule has 0 amide bonds. The number of carboxylic acids is 1. The number of piperidine rings is 1. The molecule has 0 radical (unpaired) electrons. The molecule has 1 unspecified atom stereocenters. The Kier molecular flexibility index (Phi) is 4.59. The molecule has 3 nitrogen and oxygen atoms in total. The molecule has 0 bridgehead atoms. The molecule has 1 fully saturated rings. The lowest BCUT2D eigenvalue weighted by Gasteiger charge is -2.34. The van der Waals surface area contributed by atoms with E-state index in [4.69, 9.17) is 5.11 Å². The van der Waals surface area contributed by atoms with Crippen LogP contribution in [-0.4, -0.2) is 35.6 Å². The van der Waals surface area contributed by atoms with Crippen molar-refractivity contribution in [2.75, 3.05) is 19.6 Å². The van der Waals surface area contributed by atoms with Crippen molar-refractivity contribution in [3.05, 3.63) is 35.4 Å². The summed E-state index contributed by atoms with van der Waals surface area (Å²) in [7, 11) is 0. The first-order chi connectivity index (χ1) is 9.06.